The van der Waals surface area contributed by atoms with Crippen LogP contribution >= 0.6 is 0 Å². The third-order valence-electron chi connectivity index (χ3n) is 4.28. The number of ether oxygens (including phenoxy) is 1. The number of carbonyl (C=O) groups is 1. The van der Waals surface area contributed by atoms with Crippen molar-refractivity contribution in [1.29, 1.82) is 0 Å². The fourth-order valence-corrected chi connectivity index (χ4v) is 3.34. The Morgan fingerprint density at radius 1 is 1.33 bits per heavy atom. The lowest BCUT2D eigenvalue weighted by molar-refractivity contribution is -0.00307. The summed E-state index contributed by atoms with van der Waals surface area (Å²) in [7, 11) is 4.28. The van der Waals surface area contributed by atoms with Gasteiger partial charge in [-0.2, -0.15) is 0 Å². The van der Waals surface area contributed by atoms with Crippen LogP contribution in [0.5, 0.6) is 0 Å². The highest BCUT2D eigenvalue weighted by molar-refractivity contribution is 5.68. The summed E-state index contributed by atoms with van der Waals surface area (Å²) < 4.78 is 5.45. The molecular formula is C14H26N2O2. The minimum absolute atomic E-state index is 0.149. The molecule has 0 aromatic rings. The Morgan fingerprint density at radius 2 is 2.00 bits per heavy atom. The van der Waals surface area contributed by atoms with Gasteiger partial charge in [-0.25, -0.2) is 4.79 Å². The minimum Gasteiger partial charge on any atom is -0.444 e. The van der Waals surface area contributed by atoms with E-state index in [-0.39, 0.29) is 6.09 Å². The molecule has 1 heterocycles. The van der Waals surface area contributed by atoms with Crippen molar-refractivity contribution in [2.24, 2.45) is 5.41 Å². The highest BCUT2D eigenvalue weighted by Crippen LogP contribution is 2.50. The number of rotatable bonds is 1. The summed E-state index contributed by atoms with van der Waals surface area (Å²) in [5.41, 5.74) is -0.0617. The van der Waals surface area contributed by atoms with E-state index < -0.39 is 5.60 Å². The van der Waals surface area contributed by atoms with Crippen LogP contribution in [-0.2, 0) is 4.74 Å². The number of nitrogens with zero attached hydrogens (tertiary/aromatic N) is 2. The lowest BCUT2D eigenvalue weighted by Gasteiger charge is -2.50. The number of likely N-dealkylation sites (tertiary alicyclic amines) is 1. The quantitative estimate of drug-likeness (QED) is 0.720. The predicted molar refractivity (Wildman–Crippen MR) is 71.6 cm³/mol. The van der Waals surface area contributed by atoms with Gasteiger partial charge in [-0.1, -0.05) is 0 Å². The molecule has 1 saturated heterocycles. The third kappa shape index (κ3) is 2.48. The third-order valence-corrected chi connectivity index (χ3v) is 4.28. The van der Waals surface area contributed by atoms with Crippen molar-refractivity contribution >= 4 is 6.09 Å². The van der Waals surface area contributed by atoms with Crippen molar-refractivity contribution in [1.82, 2.24) is 9.80 Å². The van der Waals surface area contributed by atoms with Gasteiger partial charge in [-0.3, -0.25) is 0 Å². The molecule has 4 heteroatoms. The van der Waals surface area contributed by atoms with Gasteiger partial charge in [0.25, 0.3) is 0 Å². The first-order valence-corrected chi connectivity index (χ1v) is 6.88. The molecule has 0 aromatic heterocycles. The van der Waals surface area contributed by atoms with Gasteiger partial charge in [0.1, 0.15) is 5.60 Å². The molecule has 0 radical (unpaired) electrons. The summed E-state index contributed by atoms with van der Waals surface area (Å²) in [6.07, 6.45) is 3.48. The second-order valence-electron chi connectivity index (χ2n) is 7.03. The van der Waals surface area contributed by atoms with E-state index in [0.29, 0.717) is 11.5 Å². The van der Waals surface area contributed by atoms with Crippen molar-refractivity contribution in [3.05, 3.63) is 0 Å². The van der Waals surface area contributed by atoms with Gasteiger partial charge in [-0.05, 0) is 54.1 Å². The molecule has 1 spiro atoms. The molecule has 0 N–H and O–H groups in total. The fourth-order valence-electron chi connectivity index (χ4n) is 3.34. The largest absolute Gasteiger partial charge is 0.444 e. The van der Waals surface area contributed by atoms with Crippen LogP contribution in [0, 0.1) is 5.41 Å². The van der Waals surface area contributed by atoms with Crippen LogP contribution in [-0.4, -0.2) is 54.7 Å². The lowest BCUT2D eigenvalue weighted by Crippen LogP contribution is -2.54. The first kappa shape index (κ1) is 13.7. The van der Waals surface area contributed by atoms with Crippen molar-refractivity contribution < 1.29 is 9.53 Å². The molecule has 2 fully saturated rings. The molecular weight excluding hydrogens is 228 g/mol. The monoisotopic (exact) mass is 254 g/mol. The van der Waals surface area contributed by atoms with Crippen molar-refractivity contribution in [3.8, 4) is 0 Å². The average Bonchev–Trinajstić information content (AvgIpc) is 2.58. The summed E-state index contributed by atoms with van der Waals surface area (Å²) in [5.74, 6) is 0. The van der Waals surface area contributed by atoms with Gasteiger partial charge in [0.15, 0.2) is 0 Å². The second kappa shape index (κ2) is 4.41. The van der Waals surface area contributed by atoms with Crippen LogP contribution in [0.25, 0.3) is 0 Å². The Bertz CT molecular complexity index is 335. The smallest absolute Gasteiger partial charge is 0.410 e. The summed E-state index contributed by atoms with van der Waals surface area (Å²) >= 11 is 0. The molecule has 104 valence electrons. The fraction of sp³-hybridized carbons (Fsp3) is 0.929. The van der Waals surface area contributed by atoms with Crippen molar-refractivity contribution in [2.75, 3.05) is 27.2 Å². The van der Waals surface area contributed by atoms with E-state index in [1.54, 1.807) is 0 Å². The molecule has 2 rings (SSSR count). The lowest BCUT2D eigenvalue weighted by atomic mass is 9.63. The van der Waals surface area contributed by atoms with E-state index in [1.165, 1.54) is 12.8 Å². The number of carbonyl (C=O) groups excluding carboxylic acids is 1. The van der Waals surface area contributed by atoms with E-state index in [1.807, 2.05) is 25.7 Å². The number of hydrogen-bond acceptors (Lipinski definition) is 3. The van der Waals surface area contributed by atoms with E-state index in [9.17, 15) is 4.79 Å². The Labute approximate surface area is 110 Å². The second-order valence-corrected chi connectivity index (χ2v) is 7.03. The molecule has 1 aliphatic heterocycles. The highest BCUT2D eigenvalue weighted by Gasteiger charge is 2.52. The molecule has 18 heavy (non-hydrogen) atoms. The molecule has 1 amide bonds. The molecule has 4 nitrogen and oxygen atoms in total. The van der Waals surface area contributed by atoms with Gasteiger partial charge in [0.2, 0.25) is 0 Å². The maximum atomic E-state index is 12.1. The first-order valence-electron chi connectivity index (χ1n) is 6.88. The summed E-state index contributed by atoms with van der Waals surface area (Å²) in [5, 5.41) is 0. The molecule has 1 aliphatic carbocycles. The SMILES string of the molecule is CN(C)C1CCC12CCN(C(=O)OC(C)(C)C)C2. The molecule has 2 aliphatic rings. The van der Waals surface area contributed by atoms with Crippen LogP contribution in [0.2, 0.25) is 0 Å². The summed E-state index contributed by atoms with van der Waals surface area (Å²) in [6, 6.07) is 0.630. The standard InChI is InChI=1S/C14H26N2O2/c1-13(2,3)18-12(17)16-9-8-14(10-16)7-6-11(14)15(4)5/h11H,6-10H2,1-5H3. The zero-order valence-corrected chi connectivity index (χ0v) is 12.3. The molecule has 1 saturated carbocycles. The van der Waals surface area contributed by atoms with Crippen LogP contribution < -0.4 is 0 Å². The van der Waals surface area contributed by atoms with Gasteiger partial charge >= 0.3 is 6.09 Å². The Balaban J connectivity index is 1.95. The normalized spacial score (nSPS) is 31.9. The topological polar surface area (TPSA) is 32.8 Å². The highest BCUT2D eigenvalue weighted by atomic mass is 16.6. The zero-order valence-electron chi connectivity index (χ0n) is 12.3. The van der Waals surface area contributed by atoms with Crippen LogP contribution in [0.4, 0.5) is 4.79 Å². The Morgan fingerprint density at radius 3 is 2.44 bits per heavy atom. The van der Waals surface area contributed by atoms with Crippen LogP contribution in [0.15, 0.2) is 0 Å². The van der Waals surface area contributed by atoms with Crippen LogP contribution in [0.1, 0.15) is 40.0 Å². The summed E-state index contributed by atoms with van der Waals surface area (Å²) in [4.78, 5) is 16.3. The molecule has 2 atom stereocenters. The van der Waals surface area contributed by atoms with Gasteiger partial charge in [0.05, 0.1) is 0 Å². The van der Waals surface area contributed by atoms with Crippen molar-refractivity contribution in [3.63, 3.8) is 0 Å². The maximum Gasteiger partial charge on any atom is 0.410 e. The molecule has 2 unspecified atom stereocenters. The Hall–Kier alpha value is -0.770. The minimum atomic E-state index is -0.395. The van der Waals surface area contributed by atoms with Gasteiger partial charge < -0.3 is 14.5 Å². The van der Waals surface area contributed by atoms with Crippen molar-refractivity contribution in [2.45, 2.75) is 51.7 Å². The predicted octanol–water partition coefficient (Wildman–Crippen LogP) is 2.34. The Kier molecular flexibility index (Phi) is 3.34. The first-order chi connectivity index (χ1) is 8.23. The molecule has 0 aromatic carbocycles. The van der Waals surface area contributed by atoms with E-state index in [4.69, 9.17) is 4.74 Å². The number of amides is 1. The van der Waals surface area contributed by atoms with Crippen LogP contribution in [0.3, 0.4) is 0 Å². The van der Waals surface area contributed by atoms with E-state index in [2.05, 4.69) is 19.0 Å². The maximum absolute atomic E-state index is 12.1. The summed E-state index contributed by atoms with van der Waals surface area (Å²) in [6.45, 7) is 7.47. The zero-order chi connectivity index (χ0) is 13.6. The van der Waals surface area contributed by atoms with Gasteiger partial charge in [-0.15, -0.1) is 0 Å². The molecule has 0 bridgehead atoms. The van der Waals surface area contributed by atoms with E-state index in [0.717, 1.165) is 19.5 Å². The van der Waals surface area contributed by atoms with E-state index >= 15 is 0 Å². The van der Waals surface area contributed by atoms with Gasteiger partial charge in [0, 0.05) is 24.5 Å². The average molecular weight is 254 g/mol. The number of hydrogen-bond donors (Lipinski definition) is 0.